The van der Waals surface area contributed by atoms with Gasteiger partial charge >= 0.3 is 0 Å². The fraction of sp³-hybridized carbons (Fsp3) is 0.333. The molecule has 1 saturated carbocycles. The van der Waals surface area contributed by atoms with Crippen LogP contribution in [-0.4, -0.2) is 26.5 Å². The average molecular weight is 433 g/mol. The van der Waals surface area contributed by atoms with Crippen molar-refractivity contribution in [3.8, 4) is 0 Å². The van der Waals surface area contributed by atoms with Gasteiger partial charge in [-0.3, -0.25) is 14.2 Å². The summed E-state index contributed by atoms with van der Waals surface area (Å²) >= 11 is 0. The van der Waals surface area contributed by atoms with Crippen molar-refractivity contribution in [1.29, 1.82) is 0 Å². The lowest BCUT2D eigenvalue weighted by atomic mass is 10.1. The summed E-state index contributed by atoms with van der Waals surface area (Å²) in [6.45, 7) is 3.87. The first-order chi connectivity index (χ1) is 15.4. The van der Waals surface area contributed by atoms with Crippen LogP contribution in [0, 0.1) is 19.8 Å². The number of nitrogens with two attached hydrogens (primary N) is 1. The predicted octanol–water partition coefficient (Wildman–Crippen LogP) is 2.20. The molecule has 4 rings (SSSR count). The molecule has 8 nitrogen and oxygen atoms in total. The van der Waals surface area contributed by atoms with E-state index in [0.717, 1.165) is 24.1 Å². The number of rotatable bonds is 8. The van der Waals surface area contributed by atoms with E-state index >= 15 is 0 Å². The average Bonchev–Trinajstić information content (AvgIpc) is 3.50. The van der Waals surface area contributed by atoms with Crippen LogP contribution in [0.5, 0.6) is 0 Å². The van der Waals surface area contributed by atoms with Crippen molar-refractivity contribution in [2.45, 2.75) is 45.8 Å². The van der Waals surface area contributed by atoms with Crippen molar-refractivity contribution in [2.24, 2.45) is 5.92 Å². The Hall–Kier alpha value is -3.68. The SMILES string of the molecule is Cc1nc(N)ccc1CNC(=O)Cn1c(C)cnc(NC2CC2Cc2ccccc2)c1=O. The fourth-order valence-corrected chi connectivity index (χ4v) is 3.80. The molecule has 2 unspecified atom stereocenters. The van der Waals surface area contributed by atoms with Crippen molar-refractivity contribution in [1.82, 2.24) is 19.9 Å². The van der Waals surface area contributed by atoms with Gasteiger partial charge in [-0.2, -0.15) is 0 Å². The molecule has 0 bridgehead atoms. The van der Waals surface area contributed by atoms with E-state index < -0.39 is 0 Å². The molecule has 1 fully saturated rings. The highest BCUT2D eigenvalue weighted by atomic mass is 16.2. The lowest BCUT2D eigenvalue weighted by Gasteiger charge is -2.13. The van der Waals surface area contributed by atoms with Gasteiger partial charge in [-0.1, -0.05) is 36.4 Å². The van der Waals surface area contributed by atoms with Crippen LogP contribution in [0.25, 0.3) is 0 Å². The minimum Gasteiger partial charge on any atom is -0.384 e. The summed E-state index contributed by atoms with van der Waals surface area (Å²) in [6.07, 6.45) is 3.60. The van der Waals surface area contributed by atoms with E-state index in [1.807, 2.05) is 31.2 Å². The van der Waals surface area contributed by atoms with Gasteiger partial charge in [0.2, 0.25) is 5.91 Å². The third-order valence-electron chi connectivity index (χ3n) is 5.83. The number of nitrogen functional groups attached to an aromatic ring is 1. The summed E-state index contributed by atoms with van der Waals surface area (Å²) in [5.41, 5.74) is 8.97. The lowest BCUT2D eigenvalue weighted by molar-refractivity contribution is -0.121. The number of amides is 1. The number of anilines is 2. The number of aryl methyl sites for hydroxylation is 2. The summed E-state index contributed by atoms with van der Waals surface area (Å²) in [5, 5.41) is 6.12. The van der Waals surface area contributed by atoms with Gasteiger partial charge in [0.05, 0.1) is 0 Å². The third-order valence-corrected chi connectivity index (χ3v) is 5.83. The molecule has 2 atom stereocenters. The van der Waals surface area contributed by atoms with E-state index in [0.29, 0.717) is 29.8 Å². The highest BCUT2D eigenvalue weighted by Crippen LogP contribution is 2.35. The molecule has 0 saturated heterocycles. The lowest BCUT2D eigenvalue weighted by Crippen LogP contribution is -2.35. The Labute approximate surface area is 186 Å². The molecule has 166 valence electrons. The van der Waals surface area contributed by atoms with Crippen molar-refractivity contribution in [3.63, 3.8) is 0 Å². The van der Waals surface area contributed by atoms with Gasteiger partial charge in [0.1, 0.15) is 12.4 Å². The molecule has 4 N–H and O–H groups in total. The van der Waals surface area contributed by atoms with E-state index in [2.05, 4.69) is 32.7 Å². The van der Waals surface area contributed by atoms with Crippen LogP contribution in [0.3, 0.4) is 0 Å². The zero-order valence-electron chi connectivity index (χ0n) is 18.3. The van der Waals surface area contributed by atoms with Gasteiger partial charge in [-0.15, -0.1) is 0 Å². The van der Waals surface area contributed by atoms with Gasteiger partial charge in [0.15, 0.2) is 5.82 Å². The molecule has 0 aliphatic heterocycles. The number of benzene rings is 1. The first kappa shape index (κ1) is 21.5. The van der Waals surface area contributed by atoms with Crippen molar-refractivity contribution < 1.29 is 4.79 Å². The minimum absolute atomic E-state index is 0.0680. The maximum atomic E-state index is 13.0. The van der Waals surface area contributed by atoms with Gasteiger partial charge in [-0.25, -0.2) is 9.97 Å². The van der Waals surface area contributed by atoms with E-state index in [-0.39, 0.29) is 24.1 Å². The maximum Gasteiger partial charge on any atom is 0.293 e. The summed E-state index contributed by atoms with van der Waals surface area (Å²) in [5.74, 6) is 0.964. The summed E-state index contributed by atoms with van der Waals surface area (Å²) in [4.78, 5) is 33.9. The molecular formula is C24H28N6O2. The zero-order chi connectivity index (χ0) is 22.7. The number of hydrogen-bond donors (Lipinski definition) is 3. The maximum absolute atomic E-state index is 13.0. The second-order valence-electron chi connectivity index (χ2n) is 8.33. The molecule has 1 amide bonds. The van der Waals surface area contributed by atoms with Gasteiger partial charge in [0, 0.05) is 30.2 Å². The van der Waals surface area contributed by atoms with Crippen LogP contribution in [-0.2, 0) is 24.3 Å². The van der Waals surface area contributed by atoms with Crippen LogP contribution < -0.4 is 21.9 Å². The Balaban J connectivity index is 1.36. The highest BCUT2D eigenvalue weighted by molar-refractivity contribution is 5.75. The second kappa shape index (κ2) is 9.21. The zero-order valence-corrected chi connectivity index (χ0v) is 18.3. The number of aromatic nitrogens is 3. The second-order valence-corrected chi connectivity index (χ2v) is 8.33. The number of nitrogens with zero attached hydrogens (tertiary/aromatic N) is 3. The Morgan fingerprint density at radius 3 is 2.72 bits per heavy atom. The largest absolute Gasteiger partial charge is 0.384 e. The van der Waals surface area contributed by atoms with E-state index in [4.69, 9.17) is 5.73 Å². The molecule has 8 heteroatoms. The van der Waals surface area contributed by atoms with Crippen LogP contribution in [0.1, 0.15) is 28.9 Å². The molecule has 3 aromatic rings. The molecule has 0 spiro atoms. The van der Waals surface area contributed by atoms with Crippen molar-refractivity contribution >= 4 is 17.5 Å². The van der Waals surface area contributed by atoms with Gasteiger partial charge < -0.3 is 16.4 Å². The number of pyridine rings is 1. The molecule has 32 heavy (non-hydrogen) atoms. The molecule has 2 aromatic heterocycles. The van der Waals surface area contributed by atoms with Crippen molar-refractivity contribution in [3.05, 3.63) is 81.5 Å². The number of hydrogen-bond acceptors (Lipinski definition) is 6. The van der Waals surface area contributed by atoms with Gasteiger partial charge in [-0.05, 0) is 49.8 Å². The third kappa shape index (κ3) is 5.14. The number of carbonyl (C=O) groups is 1. The first-order valence-corrected chi connectivity index (χ1v) is 10.8. The van der Waals surface area contributed by atoms with E-state index in [1.165, 1.54) is 10.1 Å². The minimum atomic E-state index is -0.282. The molecule has 1 aliphatic rings. The van der Waals surface area contributed by atoms with Crippen LogP contribution in [0.2, 0.25) is 0 Å². The first-order valence-electron chi connectivity index (χ1n) is 10.8. The van der Waals surface area contributed by atoms with Crippen LogP contribution in [0.4, 0.5) is 11.6 Å². The van der Waals surface area contributed by atoms with Gasteiger partial charge in [0.25, 0.3) is 5.56 Å². The predicted molar refractivity (Wildman–Crippen MR) is 124 cm³/mol. The smallest absolute Gasteiger partial charge is 0.293 e. The standard InChI is InChI=1S/C24H28N6O2/c1-15-12-27-23(29-20-11-19(20)10-17-6-4-3-5-7-17)24(32)30(15)14-22(31)26-13-18-8-9-21(25)28-16(18)2/h3-9,12,19-20H,10-11,13-14H2,1-2H3,(H2,25,28)(H,26,31)(H,27,29). The van der Waals surface area contributed by atoms with Crippen LogP contribution in [0.15, 0.2) is 53.5 Å². The molecule has 0 radical (unpaired) electrons. The van der Waals surface area contributed by atoms with E-state index in [9.17, 15) is 9.59 Å². The van der Waals surface area contributed by atoms with E-state index in [1.54, 1.807) is 19.2 Å². The Morgan fingerprint density at radius 2 is 1.97 bits per heavy atom. The molecular weight excluding hydrogens is 404 g/mol. The van der Waals surface area contributed by atoms with Crippen molar-refractivity contribution in [2.75, 3.05) is 11.1 Å². The summed E-state index contributed by atoms with van der Waals surface area (Å²) in [7, 11) is 0. The normalized spacial score (nSPS) is 17.1. The number of carbonyl (C=O) groups excluding carboxylic acids is 1. The Bertz CT molecular complexity index is 1170. The Kier molecular flexibility index (Phi) is 6.20. The monoisotopic (exact) mass is 432 g/mol. The molecule has 2 heterocycles. The quantitative estimate of drug-likeness (QED) is 0.503. The topological polar surface area (TPSA) is 115 Å². The Morgan fingerprint density at radius 1 is 1.19 bits per heavy atom. The molecule has 1 aromatic carbocycles. The summed E-state index contributed by atoms with van der Waals surface area (Å²) in [6, 6.07) is 14.1. The van der Waals surface area contributed by atoms with Crippen LogP contribution >= 0.6 is 0 Å². The number of nitrogens with one attached hydrogen (secondary N) is 2. The summed E-state index contributed by atoms with van der Waals surface area (Å²) < 4.78 is 1.45. The highest BCUT2D eigenvalue weighted by Gasteiger charge is 2.37. The molecule has 1 aliphatic carbocycles. The fourth-order valence-electron chi connectivity index (χ4n) is 3.80.